The molecule has 0 spiro atoms. The van der Waals surface area contributed by atoms with Gasteiger partial charge in [0.1, 0.15) is 0 Å². The first-order chi connectivity index (χ1) is 9.96. The van der Waals surface area contributed by atoms with Crippen molar-refractivity contribution in [3.63, 3.8) is 0 Å². The van der Waals surface area contributed by atoms with Crippen molar-refractivity contribution in [2.45, 2.75) is 78.7 Å². The maximum atomic E-state index is 3.93. The van der Waals surface area contributed by atoms with Crippen molar-refractivity contribution in [2.24, 2.45) is 17.3 Å². The molecule has 21 heavy (non-hydrogen) atoms. The minimum absolute atomic E-state index is 0.468. The van der Waals surface area contributed by atoms with E-state index in [0.29, 0.717) is 5.41 Å². The second-order valence-electron chi connectivity index (χ2n) is 8.88. The van der Waals surface area contributed by atoms with Crippen LogP contribution in [0.5, 0.6) is 0 Å². The van der Waals surface area contributed by atoms with Gasteiger partial charge in [-0.25, -0.2) is 0 Å². The third kappa shape index (κ3) is 6.28. The Morgan fingerprint density at radius 1 is 1.05 bits per heavy atom. The van der Waals surface area contributed by atoms with Crippen LogP contribution in [0.25, 0.3) is 0 Å². The molecule has 2 atom stereocenters. The van der Waals surface area contributed by atoms with Gasteiger partial charge in [0.05, 0.1) is 0 Å². The van der Waals surface area contributed by atoms with Crippen LogP contribution in [-0.4, -0.2) is 37.1 Å². The molecule has 1 saturated heterocycles. The van der Waals surface area contributed by atoms with E-state index in [1.807, 2.05) is 0 Å². The molecule has 124 valence electrons. The standard InChI is InChI=1S/C19H38N2/c1-5-10-21-14-17(12-19(2,3)4)11-18(15-21)20-13-16-8-6-7-9-16/h16-18,20H,5-15H2,1-4H3. The molecule has 0 radical (unpaired) electrons. The summed E-state index contributed by atoms with van der Waals surface area (Å²) in [6.45, 7) is 14.7. The van der Waals surface area contributed by atoms with Crippen LogP contribution in [0, 0.1) is 17.3 Å². The van der Waals surface area contributed by atoms with Crippen molar-refractivity contribution in [3.8, 4) is 0 Å². The predicted molar refractivity (Wildman–Crippen MR) is 92.7 cm³/mol. The quantitative estimate of drug-likeness (QED) is 0.785. The third-order valence-corrected chi connectivity index (χ3v) is 5.22. The van der Waals surface area contributed by atoms with Gasteiger partial charge in [0.25, 0.3) is 0 Å². The van der Waals surface area contributed by atoms with E-state index in [1.165, 1.54) is 71.1 Å². The fraction of sp³-hybridized carbons (Fsp3) is 1.00. The van der Waals surface area contributed by atoms with Crippen LogP contribution >= 0.6 is 0 Å². The van der Waals surface area contributed by atoms with E-state index in [9.17, 15) is 0 Å². The summed E-state index contributed by atoms with van der Waals surface area (Å²) in [5, 5.41) is 3.93. The smallest absolute Gasteiger partial charge is 0.0198 e. The Hall–Kier alpha value is -0.0800. The summed E-state index contributed by atoms with van der Waals surface area (Å²) < 4.78 is 0. The lowest BCUT2D eigenvalue weighted by atomic mass is 9.80. The zero-order valence-electron chi connectivity index (χ0n) is 15.0. The Labute approximate surface area is 133 Å². The maximum absolute atomic E-state index is 3.93. The average molecular weight is 295 g/mol. The third-order valence-electron chi connectivity index (χ3n) is 5.22. The number of rotatable bonds is 6. The highest BCUT2D eigenvalue weighted by atomic mass is 15.2. The van der Waals surface area contributed by atoms with E-state index >= 15 is 0 Å². The van der Waals surface area contributed by atoms with E-state index in [1.54, 1.807) is 0 Å². The van der Waals surface area contributed by atoms with E-state index in [4.69, 9.17) is 0 Å². The van der Waals surface area contributed by atoms with Gasteiger partial charge in [-0.1, -0.05) is 40.5 Å². The molecule has 1 saturated carbocycles. The van der Waals surface area contributed by atoms with Crippen molar-refractivity contribution < 1.29 is 0 Å². The van der Waals surface area contributed by atoms with Crippen molar-refractivity contribution in [3.05, 3.63) is 0 Å². The lowest BCUT2D eigenvalue weighted by molar-refractivity contribution is 0.112. The second-order valence-corrected chi connectivity index (χ2v) is 8.88. The van der Waals surface area contributed by atoms with Gasteiger partial charge in [-0.2, -0.15) is 0 Å². The number of piperidine rings is 1. The van der Waals surface area contributed by atoms with Gasteiger partial charge >= 0.3 is 0 Å². The maximum Gasteiger partial charge on any atom is 0.0198 e. The lowest BCUT2D eigenvalue weighted by Gasteiger charge is -2.40. The van der Waals surface area contributed by atoms with Crippen LogP contribution in [0.2, 0.25) is 0 Å². The first kappa shape index (κ1) is 17.3. The van der Waals surface area contributed by atoms with E-state index < -0.39 is 0 Å². The van der Waals surface area contributed by atoms with Crippen molar-refractivity contribution in [1.82, 2.24) is 10.2 Å². The van der Waals surface area contributed by atoms with Gasteiger partial charge < -0.3 is 10.2 Å². The number of nitrogens with zero attached hydrogens (tertiary/aromatic N) is 1. The molecule has 0 aromatic rings. The lowest BCUT2D eigenvalue weighted by Crippen LogP contribution is -2.50. The van der Waals surface area contributed by atoms with Gasteiger partial charge in [0.2, 0.25) is 0 Å². The fourth-order valence-electron chi connectivity index (χ4n) is 4.51. The van der Waals surface area contributed by atoms with Crippen molar-refractivity contribution >= 4 is 0 Å². The summed E-state index contributed by atoms with van der Waals surface area (Å²) in [6, 6.07) is 0.734. The molecular formula is C19H38N2. The molecule has 2 nitrogen and oxygen atoms in total. The first-order valence-corrected chi connectivity index (χ1v) is 9.42. The zero-order chi connectivity index (χ0) is 15.3. The van der Waals surface area contributed by atoms with Gasteiger partial charge in [-0.15, -0.1) is 0 Å². The number of hydrogen-bond donors (Lipinski definition) is 1. The zero-order valence-corrected chi connectivity index (χ0v) is 15.0. The number of nitrogens with one attached hydrogen (secondary N) is 1. The summed E-state index contributed by atoms with van der Waals surface area (Å²) >= 11 is 0. The summed E-state index contributed by atoms with van der Waals surface area (Å²) in [5.74, 6) is 1.85. The Morgan fingerprint density at radius 3 is 2.38 bits per heavy atom. The molecule has 1 heterocycles. The Bertz CT molecular complexity index is 288. The molecule has 0 aromatic carbocycles. The fourth-order valence-corrected chi connectivity index (χ4v) is 4.51. The summed E-state index contributed by atoms with van der Waals surface area (Å²) in [5.41, 5.74) is 0.468. The minimum Gasteiger partial charge on any atom is -0.312 e. The monoisotopic (exact) mass is 294 g/mol. The van der Waals surface area contributed by atoms with Gasteiger partial charge in [-0.05, 0) is 62.4 Å². The van der Waals surface area contributed by atoms with Crippen molar-refractivity contribution in [2.75, 3.05) is 26.2 Å². The largest absolute Gasteiger partial charge is 0.312 e. The molecule has 1 aliphatic carbocycles. The molecule has 2 aliphatic rings. The van der Waals surface area contributed by atoms with E-state index in [-0.39, 0.29) is 0 Å². The Balaban J connectivity index is 1.83. The summed E-state index contributed by atoms with van der Waals surface area (Å²) in [4.78, 5) is 2.71. The molecule has 2 heteroatoms. The van der Waals surface area contributed by atoms with Gasteiger partial charge in [-0.3, -0.25) is 0 Å². The molecule has 0 amide bonds. The number of likely N-dealkylation sites (tertiary alicyclic amines) is 1. The molecule has 1 N–H and O–H groups in total. The van der Waals surface area contributed by atoms with Crippen LogP contribution in [0.1, 0.15) is 72.6 Å². The second kappa shape index (κ2) is 7.97. The Kier molecular flexibility index (Phi) is 6.55. The van der Waals surface area contributed by atoms with Crippen LogP contribution < -0.4 is 5.32 Å². The van der Waals surface area contributed by atoms with E-state index in [2.05, 4.69) is 37.9 Å². The molecular weight excluding hydrogens is 256 g/mol. The molecule has 2 rings (SSSR count). The molecule has 0 bridgehead atoms. The first-order valence-electron chi connectivity index (χ1n) is 9.42. The SMILES string of the molecule is CCCN1CC(CC(C)(C)C)CC(NCC2CCCC2)C1. The highest BCUT2D eigenvalue weighted by Crippen LogP contribution is 2.31. The minimum atomic E-state index is 0.468. The highest BCUT2D eigenvalue weighted by Gasteiger charge is 2.29. The Morgan fingerprint density at radius 2 is 1.76 bits per heavy atom. The summed E-state index contributed by atoms with van der Waals surface area (Å²) in [6.07, 6.45) is 9.90. The van der Waals surface area contributed by atoms with Crippen molar-refractivity contribution in [1.29, 1.82) is 0 Å². The number of hydrogen-bond acceptors (Lipinski definition) is 2. The summed E-state index contributed by atoms with van der Waals surface area (Å²) in [7, 11) is 0. The molecule has 2 unspecified atom stereocenters. The normalized spacial score (nSPS) is 29.1. The van der Waals surface area contributed by atoms with Crippen LogP contribution in [0.15, 0.2) is 0 Å². The van der Waals surface area contributed by atoms with Gasteiger partial charge in [0, 0.05) is 19.1 Å². The average Bonchev–Trinajstić information content (AvgIpc) is 2.87. The highest BCUT2D eigenvalue weighted by molar-refractivity contribution is 4.86. The van der Waals surface area contributed by atoms with E-state index in [0.717, 1.165) is 17.9 Å². The molecule has 0 aromatic heterocycles. The van der Waals surface area contributed by atoms with Crippen LogP contribution in [0.3, 0.4) is 0 Å². The van der Waals surface area contributed by atoms with Gasteiger partial charge in [0.15, 0.2) is 0 Å². The topological polar surface area (TPSA) is 15.3 Å². The molecule has 1 aliphatic heterocycles. The van der Waals surface area contributed by atoms with Crippen LogP contribution in [0.4, 0.5) is 0 Å². The predicted octanol–water partition coefficient (Wildman–Crippen LogP) is 4.30. The molecule has 2 fully saturated rings. The van der Waals surface area contributed by atoms with Crippen LogP contribution in [-0.2, 0) is 0 Å².